The van der Waals surface area contributed by atoms with Crippen molar-refractivity contribution in [2.24, 2.45) is 0 Å². The van der Waals surface area contributed by atoms with Gasteiger partial charge in [-0.1, -0.05) is 29.3 Å². The topological polar surface area (TPSA) is 15.3 Å². The maximum Gasteiger partial charge on any atom is 0.148 e. The quantitative estimate of drug-likeness (QED) is 0.643. The smallest absolute Gasteiger partial charge is 0.148 e. The van der Waals surface area contributed by atoms with E-state index in [1.807, 2.05) is 0 Å². The highest BCUT2D eigenvalue weighted by atomic mass is 35.5. The first-order valence-electron chi connectivity index (χ1n) is 5.86. The van der Waals surface area contributed by atoms with Crippen molar-refractivity contribution in [2.45, 2.75) is 6.04 Å². The lowest BCUT2D eigenvalue weighted by molar-refractivity contribution is 0.200. The van der Waals surface area contributed by atoms with Gasteiger partial charge < -0.3 is 5.32 Å². The van der Waals surface area contributed by atoms with E-state index >= 15 is 0 Å². The van der Waals surface area contributed by atoms with E-state index in [1.54, 1.807) is 12.1 Å². The monoisotopic (exact) mass is 360 g/mol. The summed E-state index contributed by atoms with van der Waals surface area (Å²) in [6, 6.07) is 2.86. The van der Waals surface area contributed by atoms with Crippen LogP contribution in [0.15, 0.2) is 24.8 Å². The van der Waals surface area contributed by atoms with Crippen LogP contribution in [-0.4, -0.2) is 31.1 Å². The highest BCUT2D eigenvalue weighted by Crippen LogP contribution is 2.34. The number of rotatable bonds is 3. The van der Waals surface area contributed by atoms with Crippen LogP contribution in [0.3, 0.4) is 0 Å². The van der Waals surface area contributed by atoms with E-state index in [1.165, 1.54) is 6.07 Å². The molecule has 2 rings (SSSR count). The van der Waals surface area contributed by atoms with Crippen molar-refractivity contribution < 1.29 is 4.39 Å². The van der Waals surface area contributed by atoms with Crippen molar-refractivity contribution in [2.75, 3.05) is 26.2 Å². The van der Waals surface area contributed by atoms with Gasteiger partial charge in [-0.2, -0.15) is 0 Å². The van der Waals surface area contributed by atoms with Gasteiger partial charge in [0.1, 0.15) is 5.82 Å². The Balaban J connectivity index is 0.00000180. The van der Waals surface area contributed by atoms with Crippen molar-refractivity contribution in [1.82, 2.24) is 10.2 Å². The fraction of sp³-hybridized carbons (Fsp3) is 0.385. The third-order valence-corrected chi connectivity index (χ3v) is 3.76. The standard InChI is InChI=1S/C13H15Cl2FN2.2ClH/c1-2-11(18-7-5-17-6-8-18)12-9(14)3-4-10(15)13(12)16;;/h2-4,11,17H,1,5-8H2;2*1H/t11-;;/m1../s1. The maximum atomic E-state index is 14.1. The molecule has 0 bridgehead atoms. The van der Waals surface area contributed by atoms with E-state index in [2.05, 4.69) is 16.8 Å². The molecule has 0 aliphatic carbocycles. The average molecular weight is 362 g/mol. The number of hydrogen-bond acceptors (Lipinski definition) is 2. The minimum absolute atomic E-state index is 0. The minimum atomic E-state index is -0.451. The van der Waals surface area contributed by atoms with E-state index in [9.17, 15) is 4.39 Å². The van der Waals surface area contributed by atoms with Crippen LogP contribution in [0.4, 0.5) is 4.39 Å². The molecule has 1 aliphatic rings. The summed E-state index contributed by atoms with van der Waals surface area (Å²) in [5.74, 6) is -0.451. The molecule has 20 heavy (non-hydrogen) atoms. The fourth-order valence-electron chi connectivity index (χ4n) is 2.22. The highest BCUT2D eigenvalue weighted by Gasteiger charge is 2.25. The van der Waals surface area contributed by atoms with Crippen LogP contribution in [0, 0.1) is 5.82 Å². The van der Waals surface area contributed by atoms with Gasteiger partial charge in [0, 0.05) is 36.8 Å². The Morgan fingerprint density at radius 2 is 1.75 bits per heavy atom. The lowest BCUT2D eigenvalue weighted by Crippen LogP contribution is -2.44. The molecule has 0 saturated carbocycles. The SMILES string of the molecule is C=C[C@H](c1c(Cl)ccc(Cl)c1F)N1CCNCC1.Cl.Cl. The molecule has 7 heteroatoms. The lowest BCUT2D eigenvalue weighted by Gasteiger charge is -2.34. The summed E-state index contributed by atoms with van der Waals surface area (Å²) >= 11 is 11.9. The van der Waals surface area contributed by atoms with Crippen molar-refractivity contribution in [1.29, 1.82) is 0 Å². The summed E-state index contributed by atoms with van der Waals surface area (Å²) in [6.07, 6.45) is 1.71. The molecule has 1 aromatic carbocycles. The molecule has 2 nitrogen and oxygen atoms in total. The van der Waals surface area contributed by atoms with Crippen LogP contribution in [0.5, 0.6) is 0 Å². The van der Waals surface area contributed by atoms with Crippen molar-refractivity contribution in [3.8, 4) is 0 Å². The average Bonchev–Trinajstić information content (AvgIpc) is 2.40. The molecule has 1 fully saturated rings. The Hall–Kier alpha value is -0.0300. The normalized spacial score (nSPS) is 16.8. The van der Waals surface area contributed by atoms with Gasteiger partial charge in [-0.25, -0.2) is 4.39 Å². The molecule has 0 radical (unpaired) electrons. The van der Waals surface area contributed by atoms with Gasteiger partial charge in [0.2, 0.25) is 0 Å². The number of benzene rings is 1. The van der Waals surface area contributed by atoms with E-state index in [4.69, 9.17) is 23.2 Å². The number of halogens is 5. The predicted octanol–water partition coefficient (Wildman–Crippen LogP) is 4.11. The van der Waals surface area contributed by atoms with Crippen LogP contribution in [0.1, 0.15) is 11.6 Å². The first kappa shape index (κ1) is 20.0. The second kappa shape index (κ2) is 9.08. The molecule has 1 heterocycles. The van der Waals surface area contributed by atoms with Gasteiger partial charge in [0.05, 0.1) is 11.1 Å². The van der Waals surface area contributed by atoms with E-state index in [0.717, 1.165) is 26.2 Å². The van der Waals surface area contributed by atoms with Gasteiger partial charge in [0.25, 0.3) is 0 Å². The Labute approximate surface area is 141 Å². The summed E-state index contributed by atoms with van der Waals surface area (Å²) in [4.78, 5) is 2.14. The zero-order chi connectivity index (χ0) is 13.1. The van der Waals surface area contributed by atoms with Crippen LogP contribution >= 0.6 is 48.0 Å². The molecule has 0 unspecified atom stereocenters. The van der Waals surface area contributed by atoms with Crippen LogP contribution < -0.4 is 5.32 Å². The Bertz CT molecular complexity index is 450. The third-order valence-electron chi connectivity index (χ3n) is 3.14. The lowest BCUT2D eigenvalue weighted by atomic mass is 10.0. The van der Waals surface area contributed by atoms with Crippen LogP contribution in [0.2, 0.25) is 10.0 Å². The Morgan fingerprint density at radius 3 is 2.30 bits per heavy atom. The number of piperazine rings is 1. The van der Waals surface area contributed by atoms with Gasteiger partial charge in [0.15, 0.2) is 0 Å². The molecular formula is C13H17Cl4FN2. The summed E-state index contributed by atoms with van der Waals surface area (Å²) in [6.45, 7) is 7.22. The van der Waals surface area contributed by atoms with Gasteiger partial charge in [-0.3, -0.25) is 4.90 Å². The first-order chi connectivity index (χ1) is 8.65. The molecule has 1 N–H and O–H groups in total. The van der Waals surface area contributed by atoms with E-state index in [-0.39, 0.29) is 35.9 Å². The fourth-order valence-corrected chi connectivity index (χ4v) is 2.65. The molecule has 1 saturated heterocycles. The van der Waals surface area contributed by atoms with Crippen molar-refractivity contribution in [3.63, 3.8) is 0 Å². The van der Waals surface area contributed by atoms with Crippen LogP contribution in [0.25, 0.3) is 0 Å². The van der Waals surface area contributed by atoms with E-state index in [0.29, 0.717) is 10.6 Å². The first-order valence-corrected chi connectivity index (χ1v) is 6.61. The van der Waals surface area contributed by atoms with Gasteiger partial charge >= 0.3 is 0 Å². The summed E-state index contributed by atoms with van der Waals surface area (Å²) in [7, 11) is 0. The minimum Gasteiger partial charge on any atom is -0.314 e. The summed E-state index contributed by atoms with van der Waals surface area (Å²) in [5, 5.41) is 3.74. The van der Waals surface area contributed by atoms with Crippen LogP contribution in [-0.2, 0) is 0 Å². The number of hydrogen-bond donors (Lipinski definition) is 1. The highest BCUT2D eigenvalue weighted by molar-refractivity contribution is 6.33. The molecule has 0 spiro atoms. The molecular weight excluding hydrogens is 345 g/mol. The molecule has 0 aromatic heterocycles. The predicted molar refractivity (Wildman–Crippen MR) is 88.3 cm³/mol. The zero-order valence-corrected chi connectivity index (χ0v) is 13.9. The van der Waals surface area contributed by atoms with E-state index < -0.39 is 5.82 Å². The number of nitrogens with zero attached hydrogens (tertiary/aromatic N) is 1. The molecule has 1 aromatic rings. The molecule has 0 amide bonds. The van der Waals surface area contributed by atoms with Crippen molar-refractivity contribution >= 4 is 48.0 Å². The largest absolute Gasteiger partial charge is 0.314 e. The van der Waals surface area contributed by atoms with Gasteiger partial charge in [-0.05, 0) is 12.1 Å². The van der Waals surface area contributed by atoms with Crippen molar-refractivity contribution in [3.05, 3.63) is 46.2 Å². The second-order valence-electron chi connectivity index (χ2n) is 4.22. The Morgan fingerprint density at radius 1 is 1.20 bits per heavy atom. The third kappa shape index (κ3) is 4.23. The van der Waals surface area contributed by atoms with Gasteiger partial charge in [-0.15, -0.1) is 31.4 Å². The molecule has 114 valence electrons. The number of nitrogens with one attached hydrogen (secondary N) is 1. The molecule has 1 atom stereocenters. The Kier molecular flexibility index (Phi) is 9.07. The molecule has 1 aliphatic heterocycles. The summed E-state index contributed by atoms with van der Waals surface area (Å²) < 4.78 is 14.1. The summed E-state index contributed by atoms with van der Waals surface area (Å²) in [5.41, 5.74) is 0.418. The second-order valence-corrected chi connectivity index (χ2v) is 5.04. The zero-order valence-electron chi connectivity index (χ0n) is 10.7. The maximum absolute atomic E-state index is 14.1.